The maximum Gasteiger partial charge on any atom is 0.306 e. The number of carbonyl (C=O) groups is 2. The van der Waals surface area contributed by atoms with Crippen LogP contribution in [0.1, 0.15) is 52.9 Å². The molecule has 0 amide bonds. The van der Waals surface area contributed by atoms with Crippen LogP contribution in [-0.4, -0.2) is 23.1 Å². The molecule has 0 heterocycles. The van der Waals surface area contributed by atoms with Gasteiger partial charge in [-0.1, -0.05) is 20.3 Å². The number of esters is 1. The SMILES string of the molecule is CCCCC(=O)OC(C)CCC(C)C(=O)O. The molecule has 16 heavy (non-hydrogen) atoms. The van der Waals surface area contributed by atoms with E-state index < -0.39 is 5.97 Å². The number of carbonyl (C=O) groups excluding carboxylic acids is 1. The Morgan fingerprint density at radius 1 is 1.25 bits per heavy atom. The van der Waals surface area contributed by atoms with Gasteiger partial charge >= 0.3 is 11.9 Å². The van der Waals surface area contributed by atoms with E-state index in [4.69, 9.17) is 9.84 Å². The van der Waals surface area contributed by atoms with Crippen LogP contribution >= 0.6 is 0 Å². The van der Waals surface area contributed by atoms with Crippen LogP contribution in [-0.2, 0) is 14.3 Å². The molecular weight excluding hydrogens is 208 g/mol. The summed E-state index contributed by atoms with van der Waals surface area (Å²) in [5.41, 5.74) is 0. The van der Waals surface area contributed by atoms with Crippen molar-refractivity contribution in [3.05, 3.63) is 0 Å². The first kappa shape index (κ1) is 14.9. The number of rotatable bonds is 8. The standard InChI is InChI=1S/C12H22O4/c1-4-5-6-11(13)16-10(3)8-7-9(2)12(14)15/h9-10H,4-8H2,1-3H3,(H,14,15). The zero-order valence-electron chi connectivity index (χ0n) is 10.4. The summed E-state index contributed by atoms with van der Waals surface area (Å²) in [6.45, 7) is 5.48. The van der Waals surface area contributed by atoms with E-state index in [1.165, 1.54) is 0 Å². The van der Waals surface area contributed by atoms with Crippen LogP contribution in [0.2, 0.25) is 0 Å². The zero-order valence-corrected chi connectivity index (χ0v) is 10.4. The summed E-state index contributed by atoms with van der Waals surface area (Å²) in [5, 5.41) is 8.69. The number of ether oxygens (including phenoxy) is 1. The third kappa shape index (κ3) is 7.26. The quantitative estimate of drug-likeness (QED) is 0.651. The van der Waals surface area contributed by atoms with E-state index in [-0.39, 0.29) is 18.0 Å². The van der Waals surface area contributed by atoms with Gasteiger partial charge in [-0.3, -0.25) is 9.59 Å². The van der Waals surface area contributed by atoms with Crippen molar-refractivity contribution in [1.82, 2.24) is 0 Å². The van der Waals surface area contributed by atoms with E-state index in [9.17, 15) is 9.59 Å². The van der Waals surface area contributed by atoms with Crippen LogP contribution in [0, 0.1) is 5.92 Å². The fraction of sp³-hybridized carbons (Fsp3) is 0.833. The van der Waals surface area contributed by atoms with Crippen LogP contribution in [0.25, 0.3) is 0 Å². The molecule has 4 nitrogen and oxygen atoms in total. The monoisotopic (exact) mass is 230 g/mol. The largest absolute Gasteiger partial charge is 0.481 e. The average molecular weight is 230 g/mol. The number of carboxylic acids is 1. The molecule has 0 fully saturated rings. The van der Waals surface area contributed by atoms with Crippen molar-refractivity contribution < 1.29 is 19.4 Å². The number of aliphatic carboxylic acids is 1. The lowest BCUT2D eigenvalue weighted by Gasteiger charge is -2.14. The minimum Gasteiger partial charge on any atom is -0.481 e. The normalized spacial score (nSPS) is 14.2. The lowest BCUT2D eigenvalue weighted by molar-refractivity contribution is -0.148. The highest BCUT2D eigenvalue weighted by atomic mass is 16.5. The van der Waals surface area contributed by atoms with E-state index >= 15 is 0 Å². The summed E-state index contributed by atoms with van der Waals surface area (Å²) in [4.78, 5) is 21.8. The molecule has 2 unspecified atom stereocenters. The Hall–Kier alpha value is -1.06. The summed E-state index contributed by atoms with van der Waals surface area (Å²) in [5.74, 6) is -1.36. The fourth-order valence-electron chi connectivity index (χ4n) is 1.27. The molecule has 0 radical (unpaired) electrons. The Kier molecular flexibility index (Phi) is 7.60. The van der Waals surface area contributed by atoms with E-state index in [0.717, 1.165) is 12.8 Å². The molecule has 1 N–H and O–H groups in total. The molecule has 4 heteroatoms. The third-order valence-corrected chi connectivity index (χ3v) is 2.49. The van der Waals surface area contributed by atoms with Gasteiger partial charge in [-0.15, -0.1) is 0 Å². The average Bonchev–Trinajstić information content (AvgIpc) is 2.22. The van der Waals surface area contributed by atoms with Gasteiger partial charge in [0.05, 0.1) is 12.0 Å². The summed E-state index contributed by atoms with van der Waals surface area (Å²) in [7, 11) is 0. The van der Waals surface area contributed by atoms with E-state index in [1.54, 1.807) is 13.8 Å². The van der Waals surface area contributed by atoms with E-state index in [0.29, 0.717) is 19.3 Å². The highest BCUT2D eigenvalue weighted by Crippen LogP contribution is 2.11. The lowest BCUT2D eigenvalue weighted by Crippen LogP contribution is -2.17. The molecule has 0 aromatic carbocycles. The zero-order chi connectivity index (χ0) is 12.6. The van der Waals surface area contributed by atoms with Gasteiger partial charge in [0.1, 0.15) is 0 Å². The maximum atomic E-state index is 11.3. The third-order valence-electron chi connectivity index (χ3n) is 2.49. The number of carboxylic acid groups (broad SMARTS) is 1. The summed E-state index contributed by atoms with van der Waals surface area (Å²) in [6, 6.07) is 0. The van der Waals surface area contributed by atoms with Crippen LogP contribution in [0.4, 0.5) is 0 Å². The van der Waals surface area contributed by atoms with Gasteiger partial charge in [-0.2, -0.15) is 0 Å². The molecular formula is C12H22O4. The molecule has 0 aromatic rings. The smallest absolute Gasteiger partial charge is 0.306 e. The van der Waals surface area contributed by atoms with Crippen molar-refractivity contribution in [2.75, 3.05) is 0 Å². The van der Waals surface area contributed by atoms with Gasteiger partial charge < -0.3 is 9.84 Å². The first-order valence-corrected chi connectivity index (χ1v) is 5.89. The van der Waals surface area contributed by atoms with Gasteiger partial charge in [0.15, 0.2) is 0 Å². The van der Waals surface area contributed by atoms with Crippen molar-refractivity contribution in [1.29, 1.82) is 0 Å². The van der Waals surface area contributed by atoms with Gasteiger partial charge in [0.25, 0.3) is 0 Å². The molecule has 0 aromatic heterocycles. The highest BCUT2D eigenvalue weighted by Gasteiger charge is 2.14. The topological polar surface area (TPSA) is 63.6 Å². The molecule has 2 atom stereocenters. The Labute approximate surface area is 97.0 Å². The molecule has 0 aliphatic heterocycles. The summed E-state index contributed by atoms with van der Waals surface area (Å²) < 4.78 is 5.15. The van der Waals surface area contributed by atoms with Crippen molar-refractivity contribution in [2.24, 2.45) is 5.92 Å². The Morgan fingerprint density at radius 3 is 2.38 bits per heavy atom. The molecule has 0 rings (SSSR count). The van der Waals surface area contributed by atoms with Crippen molar-refractivity contribution in [3.63, 3.8) is 0 Å². The molecule has 94 valence electrons. The number of hydrogen-bond donors (Lipinski definition) is 1. The predicted octanol–water partition coefficient (Wildman–Crippen LogP) is 2.61. The lowest BCUT2D eigenvalue weighted by atomic mass is 10.0. The summed E-state index contributed by atoms with van der Waals surface area (Å²) >= 11 is 0. The highest BCUT2D eigenvalue weighted by molar-refractivity contribution is 5.70. The van der Waals surface area contributed by atoms with Crippen molar-refractivity contribution >= 4 is 11.9 Å². The molecule has 0 bridgehead atoms. The van der Waals surface area contributed by atoms with Gasteiger partial charge in [-0.25, -0.2) is 0 Å². The van der Waals surface area contributed by atoms with Crippen LogP contribution in [0.5, 0.6) is 0 Å². The van der Waals surface area contributed by atoms with Gasteiger partial charge in [-0.05, 0) is 26.2 Å². The van der Waals surface area contributed by atoms with E-state index in [1.807, 2.05) is 6.92 Å². The Balaban J connectivity index is 3.69. The molecule has 0 saturated heterocycles. The minimum absolute atomic E-state index is 0.183. The molecule has 0 saturated carbocycles. The maximum absolute atomic E-state index is 11.3. The first-order valence-electron chi connectivity index (χ1n) is 5.89. The van der Waals surface area contributed by atoms with E-state index in [2.05, 4.69) is 0 Å². The first-order chi connectivity index (χ1) is 7.47. The molecule has 0 aliphatic carbocycles. The summed E-state index contributed by atoms with van der Waals surface area (Å²) in [6.07, 6.45) is 3.22. The number of hydrogen-bond acceptors (Lipinski definition) is 3. The minimum atomic E-state index is -0.801. The van der Waals surface area contributed by atoms with Crippen LogP contribution < -0.4 is 0 Å². The van der Waals surface area contributed by atoms with Crippen molar-refractivity contribution in [3.8, 4) is 0 Å². The Bertz CT molecular complexity index is 225. The molecule has 0 spiro atoms. The predicted molar refractivity (Wildman–Crippen MR) is 61.1 cm³/mol. The second-order valence-corrected chi connectivity index (χ2v) is 4.22. The number of unbranched alkanes of at least 4 members (excludes halogenated alkanes) is 1. The second-order valence-electron chi connectivity index (χ2n) is 4.22. The van der Waals surface area contributed by atoms with Crippen LogP contribution in [0.3, 0.4) is 0 Å². The van der Waals surface area contributed by atoms with Crippen LogP contribution in [0.15, 0.2) is 0 Å². The Morgan fingerprint density at radius 2 is 1.88 bits per heavy atom. The second kappa shape index (κ2) is 8.13. The fourth-order valence-corrected chi connectivity index (χ4v) is 1.27. The van der Waals surface area contributed by atoms with Gasteiger partial charge in [0.2, 0.25) is 0 Å². The van der Waals surface area contributed by atoms with Gasteiger partial charge in [0, 0.05) is 6.42 Å². The van der Waals surface area contributed by atoms with Crippen molar-refractivity contribution in [2.45, 2.75) is 59.0 Å². The molecule has 0 aliphatic rings.